The highest BCUT2D eigenvalue weighted by atomic mass is 16.2. The Balaban J connectivity index is 4.23. The van der Waals surface area contributed by atoms with Crippen LogP contribution in [0.3, 0.4) is 0 Å². The van der Waals surface area contributed by atoms with Gasteiger partial charge in [-0.15, -0.1) is 0 Å². The molecule has 2 unspecified atom stereocenters. The maximum atomic E-state index is 11.7. The number of hydrogen-bond acceptors (Lipinski definition) is 4. The zero-order chi connectivity index (χ0) is 15.0. The first-order valence-corrected chi connectivity index (χ1v) is 6.14. The predicted octanol–water partition coefficient (Wildman–Crippen LogP) is -1.61. The molecule has 0 rings (SSSR count). The monoisotopic (exact) mass is 273 g/mol. The molecule has 4 amide bonds. The van der Waals surface area contributed by atoms with Gasteiger partial charge < -0.3 is 27.8 Å². The molecule has 0 aromatic carbocycles. The van der Waals surface area contributed by atoms with Crippen molar-refractivity contribution >= 4 is 17.8 Å². The number of urea groups is 1. The highest BCUT2D eigenvalue weighted by Gasteiger charge is 2.23. The lowest BCUT2D eigenvalue weighted by Crippen LogP contribution is -2.52. The number of rotatable bonds is 8. The largest absolute Gasteiger partial charge is 0.368 e. The molecule has 0 heterocycles. The van der Waals surface area contributed by atoms with E-state index < -0.39 is 29.9 Å². The van der Waals surface area contributed by atoms with E-state index in [1.165, 1.54) is 0 Å². The molecule has 19 heavy (non-hydrogen) atoms. The average Bonchev–Trinajstić information content (AvgIpc) is 2.30. The Kier molecular flexibility index (Phi) is 7.50. The fraction of sp³-hybridized carbons (Fsp3) is 0.727. The van der Waals surface area contributed by atoms with Gasteiger partial charge in [-0.2, -0.15) is 0 Å². The molecule has 0 spiro atoms. The summed E-state index contributed by atoms with van der Waals surface area (Å²) in [5.74, 6) is -1.09. The van der Waals surface area contributed by atoms with Crippen molar-refractivity contribution in [1.29, 1.82) is 0 Å². The number of carbonyl (C=O) groups is 3. The Morgan fingerprint density at radius 1 is 1.16 bits per heavy atom. The van der Waals surface area contributed by atoms with Crippen LogP contribution < -0.4 is 27.8 Å². The van der Waals surface area contributed by atoms with Crippen LogP contribution in [0, 0.1) is 5.92 Å². The topological polar surface area (TPSA) is 153 Å². The van der Waals surface area contributed by atoms with Crippen molar-refractivity contribution in [3.8, 4) is 0 Å². The lowest BCUT2D eigenvalue weighted by molar-refractivity contribution is -0.128. The van der Waals surface area contributed by atoms with Crippen LogP contribution in [0.25, 0.3) is 0 Å². The normalized spacial score (nSPS) is 13.7. The molecule has 8 nitrogen and oxygen atoms in total. The van der Waals surface area contributed by atoms with Gasteiger partial charge in [0, 0.05) is 6.54 Å². The lowest BCUT2D eigenvalue weighted by Gasteiger charge is -2.20. The average molecular weight is 273 g/mol. The summed E-state index contributed by atoms with van der Waals surface area (Å²) in [7, 11) is 0. The van der Waals surface area contributed by atoms with Crippen LogP contribution in [0.1, 0.15) is 26.7 Å². The van der Waals surface area contributed by atoms with E-state index in [0.29, 0.717) is 19.4 Å². The van der Waals surface area contributed by atoms with Gasteiger partial charge in [-0.1, -0.05) is 13.8 Å². The summed E-state index contributed by atoms with van der Waals surface area (Å²) in [5, 5.41) is 4.89. The Morgan fingerprint density at radius 2 is 1.74 bits per heavy atom. The number of nitrogens with two attached hydrogens (primary N) is 3. The molecule has 0 saturated heterocycles. The molecule has 0 aliphatic rings. The lowest BCUT2D eigenvalue weighted by atomic mass is 10.0. The number of amides is 4. The van der Waals surface area contributed by atoms with Gasteiger partial charge in [0.25, 0.3) is 0 Å². The first kappa shape index (κ1) is 17.2. The smallest absolute Gasteiger partial charge is 0.312 e. The first-order valence-electron chi connectivity index (χ1n) is 6.14. The van der Waals surface area contributed by atoms with Crippen LogP contribution in [0.5, 0.6) is 0 Å². The maximum absolute atomic E-state index is 11.7. The highest BCUT2D eigenvalue weighted by Crippen LogP contribution is 2.01. The van der Waals surface area contributed by atoms with E-state index in [1.54, 1.807) is 13.8 Å². The van der Waals surface area contributed by atoms with Crippen LogP contribution in [-0.2, 0) is 9.59 Å². The quantitative estimate of drug-likeness (QED) is 0.337. The third-order valence-electron chi connectivity index (χ3n) is 2.65. The Morgan fingerprint density at radius 3 is 2.16 bits per heavy atom. The summed E-state index contributed by atoms with van der Waals surface area (Å²) in [6.45, 7) is 3.92. The van der Waals surface area contributed by atoms with Gasteiger partial charge in [-0.25, -0.2) is 4.79 Å². The zero-order valence-corrected chi connectivity index (χ0v) is 11.3. The van der Waals surface area contributed by atoms with Gasteiger partial charge in [0.2, 0.25) is 11.8 Å². The van der Waals surface area contributed by atoms with Gasteiger partial charge in [0.1, 0.15) is 6.04 Å². The Hall–Kier alpha value is -1.83. The van der Waals surface area contributed by atoms with E-state index in [4.69, 9.17) is 17.2 Å². The summed E-state index contributed by atoms with van der Waals surface area (Å²) in [5.41, 5.74) is 15.8. The van der Waals surface area contributed by atoms with E-state index in [1.807, 2.05) is 0 Å². The molecular formula is C11H23N5O3. The molecule has 0 saturated carbocycles. The molecule has 8 heteroatoms. The Bertz CT molecular complexity index is 332. The number of carbonyl (C=O) groups excluding carboxylic acids is 3. The molecule has 0 bridgehead atoms. The van der Waals surface area contributed by atoms with Crippen molar-refractivity contribution < 1.29 is 14.4 Å². The molecule has 0 aliphatic heterocycles. The molecule has 0 aliphatic carbocycles. The highest BCUT2D eigenvalue weighted by molar-refractivity contribution is 5.88. The second-order valence-electron chi connectivity index (χ2n) is 4.67. The fourth-order valence-corrected chi connectivity index (χ4v) is 1.37. The van der Waals surface area contributed by atoms with Gasteiger partial charge in [-0.05, 0) is 18.8 Å². The summed E-state index contributed by atoms with van der Waals surface area (Å²) < 4.78 is 0. The van der Waals surface area contributed by atoms with Crippen LogP contribution >= 0.6 is 0 Å². The van der Waals surface area contributed by atoms with Crippen molar-refractivity contribution in [2.75, 3.05) is 6.54 Å². The molecule has 0 radical (unpaired) electrons. The van der Waals surface area contributed by atoms with Crippen LogP contribution in [0.2, 0.25) is 0 Å². The summed E-state index contributed by atoms with van der Waals surface area (Å²) in [4.78, 5) is 33.4. The van der Waals surface area contributed by atoms with Crippen molar-refractivity contribution in [1.82, 2.24) is 10.6 Å². The van der Waals surface area contributed by atoms with E-state index in [9.17, 15) is 14.4 Å². The van der Waals surface area contributed by atoms with Gasteiger partial charge in [0.15, 0.2) is 0 Å². The molecule has 8 N–H and O–H groups in total. The Labute approximate surface area is 112 Å². The van der Waals surface area contributed by atoms with Crippen molar-refractivity contribution in [2.24, 2.45) is 23.1 Å². The SMILES string of the molecule is CC(C)C(N)C(=O)NC(CCCNC(N)=O)C(N)=O. The summed E-state index contributed by atoms with van der Waals surface area (Å²) in [6, 6.07) is -2.13. The third-order valence-corrected chi connectivity index (χ3v) is 2.65. The molecular weight excluding hydrogens is 250 g/mol. The van der Waals surface area contributed by atoms with E-state index in [-0.39, 0.29) is 5.92 Å². The van der Waals surface area contributed by atoms with Crippen LogP contribution in [0.15, 0.2) is 0 Å². The molecule has 2 atom stereocenters. The van der Waals surface area contributed by atoms with Crippen LogP contribution in [-0.4, -0.2) is 36.5 Å². The molecule has 110 valence electrons. The molecule has 0 aromatic heterocycles. The van der Waals surface area contributed by atoms with Gasteiger partial charge in [0.05, 0.1) is 6.04 Å². The van der Waals surface area contributed by atoms with Crippen molar-refractivity contribution in [2.45, 2.75) is 38.8 Å². The fourth-order valence-electron chi connectivity index (χ4n) is 1.37. The van der Waals surface area contributed by atoms with Crippen molar-refractivity contribution in [3.05, 3.63) is 0 Å². The van der Waals surface area contributed by atoms with Crippen molar-refractivity contribution in [3.63, 3.8) is 0 Å². The minimum absolute atomic E-state index is 0.0370. The minimum Gasteiger partial charge on any atom is -0.368 e. The number of nitrogens with one attached hydrogen (secondary N) is 2. The maximum Gasteiger partial charge on any atom is 0.312 e. The summed E-state index contributed by atoms with van der Waals surface area (Å²) in [6.07, 6.45) is 0.778. The second kappa shape index (κ2) is 8.30. The number of primary amides is 2. The standard InChI is InChI=1S/C11H23N5O3/c1-6(2)8(12)10(18)16-7(9(13)17)4-3-5-15-11(14)19/h6-8H,3-5,12H2,1-2H3,(H2,13,17)(H,16,18)(H3,14,15,19). The number of hydrogen-bond donors (Lipinski definition) is 5. The zero-order valence-electron chi connectivity index (χ0n) is 11.3. The van der Waals surface area contributed by atoms with E-state index >= 15 is 0 Å². The van der Waals surface area contributed by atoms with Gasteiger partial charge in [-0.3, -0.25) is 9.59 Å². The minimum atomic E-state index is -0.799. The van der Waals surface area contributed by atoms with E-state index in [2.05, 4.69) is 10.6 Å². The predicted molar refractivity (Wildman–Crippen MR) is 70.8 cm³/mol. The first-order chi connectivity index (χ1) is 8.75. The van der Waals surface area contributed by atoms with Crippen LogP contribution in [0.4, 0.5) is 4.79 Å². The van der Waals surface area contributed by atoms with Gasteiger partial charge >= 0.3 is 6.03 Å². The summed E-state index contributed by atoms with van der Waals surface area (Å²) >= 11 is 0. The van der Waals surface area contributed by atoms with E-state index in [0.717, 1.165) is 0 Å². The second-order valence-corrected chi connectivity index (χ2v) is 4.67. The third kappa shape index (κ3) is 7.24. The molecule has 0 fully saturated rings. The molecule has 0 aromatic rings.